The van der Waals surface area contributed by atoms with Crippen LogP contribution in [0.4, 0.5) is 4.79 Å². The summed E-state index contributed by atoms with van der Waals surface area (Å²) in [6, 6.07) is 11.4. The van der Waals surface area contributed by atoms with Crippen LogP contribution in [0.2, 0.25) is 0 Å². The Bertz CT molecular complexity index is 524. The van der Waals surface area contributed by atoms with Crippen LogP contribution in [0.25, 0.3) is 0 Å². The zero-order valence-electron chi connectivity index (χ0n) is 12.0. The molecular weight excluding hydrogens is 318 g/mol. The molecule has 1 amide bonds. The summed E-state index contributed by atoms with van der Waals surface area (Å²) in [7, 11) is 0. The molecule has 0 spiro atoms. The van der Waals surface area contributed by atoms with E-state index in [0.717, 1.165) is 10.1 Å². The second-order valence-electron chi connectivity index (χ2n) is 4.30. The molecule has 2 rings (SSSR count). The van der Waals surface area contributed by atoms with Crippen molar-refractivity contribution in [1.29, 1.82) is 0 Å². The van der Waals surface area contributed by atoms with Gasteiger partial charge in [0.25, 0.3) is 0 Å². The third-order valence-corrected chi connectivity index (χ3v) is 4.62. The standard InChI is InChI=1S/C15H17N3O2S2/c19-15(20)18(9-11-21-13-5-1-3-7-16-13)10-12-22-14-6-2-4-8-17-14/h1-8H,9-12H2,(H,19,20). The molecule has 1 N–H and O–H groups in total. The summed E-state index contributed by atoms with van der Waals surface area (Å²) in [4.78, 5) is 21.1. The van der Waals surface area contributed by atoms with Crippen LogP contribution in [0.15, 0.2) is 58.8 Å². The van der Waals surface area contributed by atoms with Gasteiger partial charge in [0, 0.05) is 37.0 Å². The van der Waals surface area contributed by atoms with Gasteiger partial charge >= 0.3 is 6.09 Å². The highest BCUT2D eigenvalue weighted by atomic mass is 32.2. The Labute approximate surface area is 138 Å². The van der Waals surface area contributed by atoms with Gasteiger partial charge in [-0.15, -0.1) is 23.5 Å². The van der Waals surface area contributed by atoms with E-state index in [-0.39, 0.29) is 0 Å². The van der Waals surface area contributed by atoms with Gasteiger partial charge in [0.15, 0.2) is 0 Å². The maximum absolute atomic E-state index is 11.3. The Morgan fingerprint density at radius 3 is 1.82 bits per heavy atom. The summed E-state index contributed by atoms with van der Waals surface area (Å²) >= 11 is 3.12. The number of hydrogen-bond donors (Lipinski definition) is 1. The molecular formula is C15H17N3O2S2. The number of pyridine rings is 2. The van der Waals surface area contributed by atoms with Crippen LogP contribution in [0, 0.1) is 0 Å². The highest BCUT2D eigenvalue weighted by molar-refractivity contribution is 7.99. The molecule has 0 aliphatic heterocycles. The molecule has 0 radical (unpaired) electrons. The molecule has 0 saturated heterocycles. The van der Waals surface area contributed by atoms with Crippen molar-refractivity contribution >= 4 is 29.6 Å². The number of amides is 1. The molecule has 2 aromatic rings. The van der Waals surface area contributed by atoms with Crippen molar-refractivity contribution in [2.45, 2.75) is 10.1 Å². The fourth-order valence-corrected chi connectivity index (χ4v) is 3.35. The largest absolute Gasteiger partial charge is 0.465 e. The highest BCUT2D eigenvalue weighted by Crippen LogP contribution is 2.16. The van der Waals surface area contributed by atoms with Crippen LogP contribution in [-0.4, -0.2) is 50.7 Å². The van der Waals surface area contributed by atoms with Gasteiger partial charge in [0.05, 0.1) is 10.1 Å². The first-order valence-corrected chi connectivity index (χ1v) is 8.78. The predicted molar refractivity (Wildman–Crippen MR) is 89.5 cm³/mol. The predicted octanol–water partition coefficient (Wildman–Crippen LogP) is 3.34. The summed E-state index contributed by atoms with van der Waals surface area (Å²) in [5.41, 5.74) is 0. The lowest BCUT2D eigenvalue weighted by Gasteiger charge is -2.18. The molecule has 116 valence electrons. The maximum atomic E-state index is 11.3. The monoisotopic (exact) mass is 335 g/mol. The normalized spacial score (nSPS) is 10.4. The summed E-state index contributed by atoms with van der Waals surface area (Å²) in [6.45, 7) is 0.971. The minimum absolute atomic E-state index is 0.485. The van der Waals surface area contributed by atoms with E-state index in [0.29, 0.717) is 24.6 Å². The van der Waals surface area contributed by atoms with Gasteiger partial charge in [0.2, 0.25) is 0 Å². The van der Waals surface area contributed by atoms with Crippen LogP contribution in [-0.2, 0) is 0 Å². The van der Waals surface area contributed by atoms with Crippen LogP contribution >= 0.6 is 23.5 Å². The molecule has 7 heteroatoms. The Morgan fingerprint density at radius 2 is 1.45 bits per heavy atom. The van der Waals surface area contributed by atoms with E-state index < -0.39 is 6.09 Å². The van der Waals surface area contributed by atoms with Gasteiger partial charge in [-0.05, 0) is 24.3 Å². The van der Waals surface area contributed by atoms with Gasteiger partial charge in [-0.25, -0.2) is 14.8 Å². The van der Waals surface area contributed by atoms with Gasteiger partial charge in [-0.2, -0.15) is 0 Å². The average Bonchev–Trinajstić information content (AvgIpc) is 2.55. The molecule has 0 atom stereocenters. The lowest BCUT2D eigenvalue weighted by atomic mass is 10.5. The van der Waals surface area contributed by atoms with Crippen molar-refractivity contribution in [3.05, 3.63) is 48.8 Å². The molecule has 2 heterocycles. The molecule has 0 fully saturated rings. The molecule has 0 unspecified atom stereocenters. The zero-order chi connectivity index (χ0) is 15.6. The van der Waals surface area contributed by atoms with Crippen molar-refractivity contribution in [3.63, 3.8) is 0 Å². The summed E-state index contributed by atoms with van der Waals surface area (Å²) in [5.74, 6) is 1.38. The third-order valence-electron chi connectivity index (χ3n) is 2.77. The van der Waals surface area contributed by atoms with E-state index >= 15 is 0 Å². The van der Waals surface area contributed by atoms with E-state index in [9.17, 15) is 9.90 Å². The van der Waals surface area contributed by atoms with Crippen molar-refractivity contribution in [1.82, 2.24) is 14.9 Å². The number of hydrogen-bond acceptors (Lipinski definition) is 5. The number of carbonyl (C=O) groups is 1. The summed E-state index contributed by atoms with van der Waals surface area (Å²) in [5, 5.41) is 11.1. The highest BCUT2D eigenvalue weighted by Gasteiger charge is 2.11. The quantitative estimate of drug-likeness (QED) is 0.746. The Morgan fingerprint density at radius 1 is 0.955 bits per heavy atom. The van der Waals surface area contributed by atoms with E-state index in [2.05, 4.69) is 9.97 Å². The molecule has 5 nitrogen and oxygen atoms in total. The number of nitrogens with zero attached hydrogens (tertiary/aromatic N) is 3. The van der Waals surface area contributed by atoms with Crippen molar-refractivity contribution < 1.29 is 9.90 Å². The Hall–Kier alpha value is -1.73. The minimum atomic E-state index is -0.886. The molecule has 0 saturated carbocycles. The number of rotatable bonds is 8. The number of thioether (sulfide) groups is 2. The van der Waals surface area contributed by atoms with E-state index in [4.69, 9.17) is 0 Å². The third kappa shape index (κ3) is 5.95. The maximum Gasteiger partial charge on any atom is 0.407 e. The SMILES string of the molecule is O=C(O)N(CCSc1ccccn1)CCSc1ccccn1. The molecule has 22 heavy (non-hydrogen) atoms. The molecule has 0 bridgehead atoms. The van der Waals surface area contributed by atoms with Gasteiger partial charge in [0.1, 0.15) is 0 Å². The first kappa shape index (κ1) is 16.6. The summed E-state index contributed by atoms with van der Waals surface area (Å²) in [6.07, 6.45) is 2.59. The van der Waals surface area contributed by atoms with Gasteiger partial charge in [-0.3, -0.25) is 0 Å². The minimum Gasteiger partial charge on any atom is -0.465 e. The van der Waals surface area contributed by atoms with E-state index in [1.165, 1.54) is 4.90 Å². The molecule has 0 aromatic carbocycles. The lowest BCUT2D eigenvalue weighted by Crippen LogP contribution is -2.33. The fourth-order valence-electron chi connectivity index (χ4n) is 1.69. The average molecular weight is 335 g/mol. The summed E-state index contributed by atoms with van der Waals surface area (Å²) < 4.78 is 0. The smallest absolute Gasteiger partial charge is 0.407 e. The molecule has 0 aliphatic carbocycles. The van der Waals surface area contributed by atoms with Crippen molar-refractivity contribution in [2.75, 3.05) is 24.6 Å². The van der Waals surface area contributed by atoms with Crippen LogP contribution < -0.4 is 0 Å². The number of carboxylic acid groups (broad SMARTS) is 1. The van der Waals surface area contributed by atoms with Crippen LogP contribution in [0.3, 0.4) is 0 Å². The Balaban J connectivity index is 1.72. The van der Waals surface area contributed by atoms with Crippen molar-refractivity contribution in [3.8, 4) is 0 Å². The van der Waals surface area contributed by atoms with E-state index in [1.54, 1.807) is 35.9 Å². The second kappa shape index (κ2) is 9.32. The zero-order valence-corrected chi connectivity index (χ0v) is 13.6. The fraction of sp³-hybridized carbons (Fsp3) is 0.267. The molecule has 2 aromatic heterocycles. The topological polar surface area (TPSA) is 66.3 Å². The first-order chi connectivity index (χ1) is 10.8. The lowest BCUT2D eigenvalue weighted by molar-refractivity contribution is 0.151. The first-order valence-electron chi connectivity index (χ1n) is 6.81. The van der Waals surface area contributed by atoms with Gasteiger partial charge in [-0.1, -0.05) is 12.1 Å². The number of aromatic nitrogens is 2. The van der Waals surface area contributed by atoms with Crippen LogP contribution in [0.1, 0.15) is 0 Å². The van der Waals surface area contributed by atoms with Crippen molar-refractivity contribution in [2.24, 2.45) is 0 Å². The van der Waals surface area contributed by atoms with Crippen LogP contribution in [0.5, 0.6) is 0 Å². The second-order valence-corrected chi connectivity index (χ2v) is 6.53. The van der Waals surface area contributed by atoms with E-state index in [1.807, 2.05) is 36.4 Å². The van der Waals surface area contributed by atoms with Gasteiger partial charge < -0.3 is 10.0 Å². The Kier molecular flexibility index (Phi) is 7.05. The molecule has 0 aliphatic rings.